The average molecular weight is 398 g/mol. The van der Waals surface area contributed by atoms with Crippen molar-refractivity contribution in [3.8, 4) is 0 Å². The maximum Gasteiger partial charge on any atom is 0.305 e. The van der Waals surface area contributed by atoms with E-state index in [1.54, 1.807) is 33.8 Å². The molecule has 1 aromatic rings. The van der Waals surface area contributed by atoms with E-state index in [1.807, 2.05) is 0 Å². The first-order chi connectivity index (χ1) is 9.45. The van der Waals surface area contributed by atoms with Crippen molar-refractivity contribution in [3.63, 3.8) is 0 Å². The molecule has 0 saturated heterocycles. The fourth-order valence-electron chi connectivity index (χ4n) is 1.66. The summed E-state index contributed by atoms with van der Waals surface area (Å²) in [5.41, 5.74) is -0.615. The van der Waals surface area contributed by atoms with Gasteiger partial charge in [-0.2, -0.15) is 0 Å². The van der Waals surface area contributed by atoms with E-state index in [0.717, 1.165) is 0 Å². The topological polar surface area (TPSA) is 85.3 Å². The number of hydrogen-bond donors (Lipinski definition) is 2. The second kappa shape index (κ2) is 6.83. The Balaban J connectivity index is 3.26. The van der Waals surface area contributed by atoms with E-state index in [9.17, 15) is 14.5 Å². The van der Waals surface area contributed by atoms with Crippen LogP contribution in [-0.4, -0.2) is 25.4 Å². The number of halogens is 2. The summed E-state index contributed by atoms with van der Waals surface area (Å²) in [6.07, 6.45) is 1.25. The molecule has 0 bridgehead atoms. The minimum atomic E-state index is -1.45. The highest BCUT2D eigenvalue weighted by atomic mass is 79.9. The smallest absolute Gasteiger partial charge is 0.305 e. The highest BCUT2D eigenvalue weighted by Crippen LogP contribution is 2.33. The van der Waals surface area contributed by atoms with E-state index < -0.39 is 27.6 Å². The Hall–Kier alpha value is -0.340. The van der Waals surface area contributed by atoms with Crippen LogP contribution in [0, 0.1) is 0 Å². The lowest BCUT2D eigenvalue weighted by atomic mass is 9.91. The molecule has 1 aromatic heterocycles. The fraction of sp³-hybridized carbons (Fsp3) is 0.538. The summed E-state index contributed by atoms with van der Waals surface area (Å²) >= 11 is 7.93. The van der Waals surface area contributed by atoms with Gasteiger partial charge < -0.3 is 9.66 Å². The van der Waals surface area contributed by atoms with E-state index in [0.29, 0.717) is 10.0 Å². The Morgan fingerprint density at radius 3 is 2.57 bits per heavy atom. The minimum Gasteiger partial charge on any atom is -0.598 e. The lowest BCUT2D eigenvalue weighted by Crippen LogP contribution is -2.51. The molecule has 0 aliphatic heterocycles. The van der Waals surface area contributed by atoms with Gasteiger partial charge in [-0.25, -0.2) is 4.98 Å². The first kappa shape index (κ1) is 18.7. The van der Waals surface area contributed by atoms with Crippen molar-refractivity contribution < 1.29 is 14.5 Å². The standard InChI is InChI=1S/C13H18BrClN2O3S/c1-12(2,3)21(20)17-13(4,6-10(18)19)9-5-8(14)7-16-11(9)15/h5,7,17H,6H2,1-4H3,(H,18,19)/t13-,21?/m0/s1. The van der Waals surface area contributed by atoms with E-state index in [2.05, 4.69) is 25.6 Å². The SMILES string of the molecule is CC(C)(C)[S+]([O-])N[C@@](C)(CC(=O)O)c1cc(Br)cnc1Cl. The van der Waals surface area contributed by atoms with Crippen LogP contribution in [0.25, 0.3) is 0 Å². The third kappa shape index (κ3) is 5.10. The number of pyridine rings is 1. The quantitative estimate of drug-likeness (QED) is 0.588. The molecule has 118 valence electrons. The third-order valence-electron chi connectivity index (χ3n) is 2.78. The van der Waals surface area contributed by atoms with Crippen LogP contribution in [0.15, 0.2) is 16.7 Å². The molecule has 0 fully saturated rings. The van der Waals surface area contributed by atoms with Crippen molar-refractivity contribution in [2.75, 3.05) is 0 Å². The van der Waals surface area contributed by atoms with Crippen LogP contribution >= 0.6 is 27.5 Å². The van der Waals surface area contributed by atoms with Gasteiger partial charge in [0, 0.05) is 27.6 Å². The number of carbonyl (C=O) groups is 1. The van der Waals surface area contributed by atoms with Crippen molar-refractivity contribution in [2.45, 2.75) is 44.4 Å². The number of rotatable bonds is 5. The van der Waals surface area contributed by atoms with Gasteiger partial charge in [0.15, 0.2) is 0 Å². The van der Waals surface area contributed by atoms with Gasteiger partial charge in [0.05, 0.1) is 12.0 Å². The summed E-state index contributed by atoms with van der Waals surface area (Å²) < 4.78 is 15.4. The molecule has 0 radical (unpaired) electrons. The predicted molar refractivity (Wildman–Crippen MR) is 87.6 cm³/mol. The van der Waals surface area contributed by atoms with E-state index in [4.69, 9.17) is 11.6 Å². The third-order valence-corrected chi connectivity index (χ3v) is 5.26. The van der Waals surface area contributed by atoms with Crippen LogP contribution in [0.5, 0.6) is 0 Å². The Kier molecular flexibility index (Phi) is 6.08. The van der Waals surface area contributed by atoms with Gasteiger partial charge in [0.25, 0.3) is 0 Å². The lowest BCUT2D eigenvalue weighted by molar-refractivity contribution is -0.138. The number of aliphatic carboxylic acids is 1. The highest BCUT2D eigenvalue weighted by Gasteiger charge is 2.40. The molecule has 8 heteroatoms. The van der Waals surface area contributed by atoms with Crippen molar-refractivity contribution in [2.24, 2.45) is 0 Å². The fourth-order valence-corrected chi connectivity index (χ4v) is 3.20. The van der Waals surface area contributed by atoms with Crippen LogP contribution in [0.2, 0.25) is 5.15 Å². The second-order valence-corrected chi connectivity index (χ2v) is 9.12. The molecule has 1 rings (SSSR count). The number of carboxylic acid groups (broad SMARTS) is 1. The monoisotopic (exact) mass is 396 g/mol. The second-order valence-electron chi connectivity index (χ2n) is 5.88. The summed E-state index contributed by atoms with van der Waals surface area (Å²) in [5.74, 6) is -1.02. The van der Waals surface area contributed by atoms with E-state index in [-0.39, 0.29) is 11.6 Å². The number of hydrogen-bond acceptors (Lipinski definition) is 4. The molecular weight excluding hydrogens is 380 g/mol. The maximum absolute atomic E-state index is 12.4. The van der Waals surface area contributed by atoms with Crippen LogP contribution in [0.1, 0.15) is 39.7 Å². The van der Waals surface area contributed by atoms with Crippen molar-refractivity contribution in [1.82, 2.24) is 9.71 Å². The lowest BCUT2D eigenvalue weighted by Gasteiger charge is -2.34. The van der Waals surface area contributed by atoms with Gasteiger partial charge in [-0.05, 0) is 49.7 Å². The number of carboxylic acids is 1. The Morgan fingerprint density at radius 1 is 1.52 bits per heavy atom. The molecule has 2 N–H and O–H groups in total. The summed E-state index contributed by atoms with van der Waals surface area (Å²) in [6, 6.07) is 1.69. The number of aromatic nitrogens is 1. The summed E-state index contributed by atoms with van der Waals surface area (Å²) in [6.45, 7) is 7.06. The van der Waals surface area contributed by atoms with Crippen molar-refractivity contribution in [1.29, 1.82) is 0 Å². The van der Waals surface area contributed by atoms with E-state index in [1.165, 1.54) is 6.20 Å². The largest absolute Gasteiger partial charge is 0.598 e. The molecule has 0 saturated carbocycles. The van der Waals surface area contributed by atoms with E-state index >= 15 is 0 Å². The predicted octanol–water partition coefficient (Wildman–Crippen LogP) is 3.24. The molecule has 0 spiro atoms. The van der Waals surface area contributed by atoms with Crippen molar-refractivity contribution in [3.05, 3.63) is 27.5 Å². The normalized spacial score (nSPS) is 16.3. The maximum atomic E-state index is 12.4. The minimum absolute atomic E-state index is 0.181. The molecule has 2 atom stereocenters. The van der Waals surface area contributed by atoms with Crippen LogP contribution in [0.4, 0.5) is 0 Å². The molecule has 1 unspecified atom stereocenters. The van der Waals surface area contributed by atoms with Gasteiger partial charge in [-0.15, -0.1) is 4.72 Å². The zero-order valence-electron chi connectivity index (χ0n) is 12.2. The van der Waals surface area contributed by atoms with Gasteiger partial charge in [-0.3, -0.25) is 4.79 Å². The molecule has 0 aromatic carbocycles. The molecule has 0 aliphatic carbocycles. The number of nitrogens with one attached hydrogen (secondary N) is 1. The first-order valence-electron chi connectivity index (χ1n) is 6.19. The summed E-state index contributed by atoms with van der Waals surface area (Å²) in [5, 5.41) is 9.35. The van der Waals surface area contributed by atoms with Crippen LogP contribution < -0.4 is 4.72 Å². The zero-order chi connectivity index (χ0) is 16.4. The van der Waals surface area contributed by atoms with Gasteiger partial charge >= 0.3 is 5.97 Å². The molecule has 0 amide bonds. The average Bonchev–Trinajstić information content (AvgIpc) is 2.29. The zero-order valence-corrected chi connectivity index (χ0v) is 15.4. The molecule has 5 nitrogen and oxygen atoms in total. The van der Waals surface area contributed by atoms with Crippen LogP contribution in [-0.2, 0) is 21.7 Å². The molecule has 0 aliphatic rings. The highest BCUT2D eigenvalue weighted by molar-refractivity contribution is 9.10. The molecule has 21 heavy (non-hydrogen) atoms. The first-order valence-corrected chi connectivity index (χ1v) is 8.51. The van der Waals surface area contributed by atoms with Crippen LogP contribution in [0.3, 0.4) is 0 Å². The van der Waals surface area contributed by atoms with Gasteiger partial charge in [-0.1, -0.05) is 11.6 Å². The van der Waals surface area contributed by atoms with Gasteiger partial charge in [0.2, 0.25) is 0 Å². The van der Waals surface area contributed by atoms with Crippen molar-refractivity contribution >= 4 is 44.9 Å². The Bertz CT molecular complexity index is 539. The van der Waals surface area contributed by atoms with Gasteiger partial charge in [0.1, 0.15) is 9.90 Å². The molecular formula is C13H18BrClN2O3S. The summed E-state index contributed by atoms with van der Waals surface area (Å²) in [4.78, 5) is 15.2. The summed E-state index contributed by atoms with van der Waals surface area (Å²) in [7, 11) is 0. The molecule has 1 heterocycles. The Morgan fingerprint density at radius 2 is 2.10 bits per heavy atom. The Labute approximate surface area is 140 Å². The number of nitrogens with zero attached hydrogens (tertiary/aromatic N) is 1.